The lowest BCUT2D eigenvalue weighted by Gasteiger charge is -2.13. The van der Waals surface area contributed by atoms with Gasteiger partial charge in [0.05, 0.1) is 11.3 Å². The zero-order valence-electron chi connectivity index (χ0n) is 16.4. The van der Waals surface area contributed by atoms with E-state index >= 15 is 0 Å². The topological polar surface area (TPSA) is 58.2 Å². The van der Waals surface area contributed by atoms with E-state index in [4.69, 9.17) is 0 Å². The number of nitrogens with one attached hydrogen (secondary N) is 2. The molecule has 1 aliphatic rings. The van der Waals surface area contributed by atoms with Crippen LogP contribution in [0.2, 0.25) is 0 Å². The van der Waals surface area contributed by atoms with Gasteiger partial charge in [-0.1, -0.05) is 42.0 Å². The molecule has 0 aliphatic heterocycles. The lowest BCUT2D eigenvalue weighted by molar-refractivity contribution is -0.117. The Balaban J connectivity index is 1.44. The number of benzene rings is 3. The maximum absolute atomic E-state index is 12.9. The van der Waals surface area contributed by atoms with Crippen LogP contribution in [0.15, 0.2) is 65.6 Å². The summed E-state index contributed by atoms with van der Waals surface area (Å²) in [7, 11) is 0. The molecule has 0 saturated heterocycles. The average molecular weight is 405 g/mol. The molecule has 148 valence electrons. The molecule has 0 spiro atoms. The number of amides is 2. The van der Waals surface area contributed by atoms with Crippen LogP contribution in [-0.4, -0.2) is 24.1 Å². The normalized spacial score (nSPS) is 13.3. The van der Waals surface area contributed by atoms with Crippen molar-refractivity contribution in [3.63, 3.8) is 0 Å². The Kier molecular flexibility index (Phi) is 5.86. The molecule has 5 heteroatoms. The summed E-state index contributed by atoms with van der Waals surface area (Å²) in [6, 6.07) is 20.0. The summed E-state index contributed by atoms with van der Waals surface area (Å²) in [5, 5.41) is 7.94. The molecule has 0 atom stereocenters. The van der Waals surface area contributed by atoms with Crippen LogP contribution < -0.4 is 10.6 Å². The Bertz CT molecular complexity index is 1040. The van der Waals surface area contributed by atoms with Crippen molar-refractivity contribution < 1.29 is 9.59 Å². The van der Waals surface area contributed by atoms with Gasteiger partial charge in [0.15, 0.2) is 0 Å². The van der Waals surface area contributed by atoms with Gasteiger partial charge in [0.2, 0.25) is 5.91 Å². The molecule has 2 amide bonds. The minimum atomic E-state index is -0.161. The van der Waals surface area contributed by atoms with E-state index in [1.807, 2.05) is 36.4 Å². The second-order valence-corrected chi connectivity index (χ2v) is 8.59. The monoisotopic (exact) mass is 404 g/mol. The van der Waals surface area contributed by atoms with Gasteiger partial charge < -0.3 is 10.6 Å². The van der Waals surface area contributed by atoms with Crippen LogP contribution in [0.4, 0.5) is 5.69 Å². The lowest BCUT2D eigenvalue weighted by atomic mass is 10.0. The summed E-state index contributed by atoms with van der Waals surface area (Å²) in [6.45, 7) is 2.62. The fourth-order valence-electron chi connectivity index (χ4n) is 3.18. The molecular weight excluding hydrogens is 380 g/mol. The maximum Gasteiger partial charge on any atom is 0.253 e. The van der Waals surface area contributed by atoms with Gasteiger partial charge in [-0.15, -0.1) is 11.8 Å². The second-order valence-electron chi connectivity index (χ2n) is 7.43. The van der Waals surface area contributed by atoms with E-state index in [9.17, 15) is 9.59 Å². The van der Waals surface area contributed by atoms with Crippen molar-refractivity contribution in [2.75, 3.05) is 17.6 Å². The van der Waals surface area contributed by atoms with Crippen LogP contribution in [-0.2, 0) is 4.79 Å². The van der Waals surface area contributed by atoms with Crippen LogP contribution in [0.25, 0.3) is 10.8 Å². The van der Waals surface area contributed by atoms with Crippen LogP contribution in [0, 0.1) is 12.8 Å². The number of aryl methyl sites for hydroxylation is 1. The number of carbonyl (C=O) groups excluding carboxylic acids is 2. The van der Waals surface area contributed by atoms with Crippen molar-refractivity contribution in [2.24, 2.45) is 5.92 Å². The first-order valence-electron chi connectivity index (χ1n) is 9.91. The average Bonchev–Trinajstić information content (AvgIpc) is 3.57. The van der Waals surface area contributed by atoms with Gasteiger partial charge in [-0.3, -0.25) is 9.59 Å². The predicted molar refractivity (Wildman–Crippen MR) is 120 cm³/mol. The number of rotatable bonds is 7. The highest BCUT2D eigenvalue weighted by Crippen LogP contribution is 2.32. The van der Waals surface area contributed by atoms with E-state index in [1.54, 1.807) is 11.8 Å². The van der Waals surface area contributed by atoms with Crippen molar-refractivity contribution in [2.45, 2.75) is 24.7 Å². The highest BCUT2D eigenvalue weighted by molar-refractivity contribution is 7.99. The van der Waals surface area contributed by atoms with E-state index in [0.717, 1.165) is 29.4 Å². The van der Waals surface area contributed by atoms with E-state index in [1.165, 1.54) is 10.5 Å². The molecule has 0 heterocycles. The first kappa shape index (κ1) is 19.5. The second kappa shape index (κ2) is 8.70. The van der Waals surface area contributed by atoms with E-state index in [2.05, 4.69) is 41.8 Å². The zero-order valence-corrected chi connectivity index (χ0v) is 17.2. The van der Waals surface area contributed by atoms with Crippen LogP contribution in [0.1, 0.15) is 28.8 Å². The molecule has 0 bridgehead atoms. The van der Waals surface area contributed by atoms with Crippen LogP contribution >= 0.6 is 11.8 Å². The van der Waals surface area contributed by atoms with Crippen molar-refractivity contribution in [3.05, 3.63) is 71.8 Å². The minimum Gasteiger partial charge on any atom is -0.351 e. The van der Waals surface area contributed by atoms with Gasteiger partial charge in [-0.2, -0.15) is 0 Å². The third-order valence-corrected chi connectivity index (χ3v) is 6.03. The van der Waals surface area contributed by atoms with Crippen LogP contribution in [0.5, 0.6) is 0 Å². The summed E-state index contributed by atoms with van der Waals surface area (Å²) in [5.41, 5.74) is 2.34. The third kappa shape index (κ3) is 4.98. The molecule has 4 rings (SSSR count). The maximum atomic E-state index is 12.9. The van der Waals surface area contributed by atoms with Crippen molar-refractivity contribution in [1.29, 1.82) is 0 Å². The Morgan fingerprint density at radius 1 is 1.00 bits per heavy atom. The largest absolute Gasteiger partial charge is 0.351 e. The first-order valence-corrected chi connectivity index (χ1v) is 10.9. The predicted octanol–water partition coefficient (Wildman–Crippen LogP) is 5.02. The summed E-state index contributed by atoms with van der Waals surface area (Å²) < 4.78 is 0. The van der Waals surface area contributed by atoms with Crippen LogP contribution in [0.3, 0.4) is 0 Å². The summed E-state index contributed by atoms with van der Waals surface area (Å²) in [4.78, 5) is 26.3. The Hall–Kier alpha value is -2.79. The minimum absolute atomic E-state index is 0.00394. The number of fused-ring (bicyclic) bond motifs is 1. The van der Waals surface area contributed by atoms with Crippen molar-refractivity contribution in [1.82, 2.24) is 5.32 Å². The van der Waals surface area contributed by atoms with Gasteiger partial charge in [0.25, 0.3) is 5.91 Å². The van der Waals surface area contributed by atoms with E-state index < -0.39 is 0 Å². The lowest BCUT2D eigenvalue weighted by Crippen LogP contribution is -2.27. The quantitative estimate of drug-likeness (QED) is 0.429. The molecule has 3 aromatic carbocycles. The number of hydrogen-bond acceptors (Lipinski definition) is 3. The van der Waals surface area contributed by atoms with Gasteiger partial charge in [0.1, 0.15) is 0 Å². The summed E-state index contributed by atoms with van der Waals surface area (Å²) in [6.07, 6.45) is 1.86. The third-order valence-electron chi connectivity index (χ3n) is 5.01. The molecular formula is C24H24N2O2S. The fourth-order valence-corrected chi connectivity index (χ4v) is 3.94. The number of hydrogen-bond donors (Lipinski definition) is 2. The zero-order chi connectivity index (χ0) is 20.2. The van der Waals surface area contributed by atoms with Gasteiger partial charge in [-0.25, -0.2) is 0 Å². The molecule has 1 saturated carbocycles. The Labute approximate surface area is 175 Å². The molecule has 1 fully saturated rings. The molecule has 2 N–H and O–H groups in total. The summed E-state index contributed by atoms with van der Waals surface area (Å²) in [5.74, 6) is 0.713. The molecule has 0 unspecified atom stereocenters. The number of anilines is 1. The summed E-state index contributed by atoms with van der Waals surface area (Å²) >= 11 is 1.71. The standard InChI is InChI=1S/C24H24N2O2S/c1-16-6-10-20(11-7-16)29-13-12-25-24(28)21-14-18-4-2-3-5-19(18)15-22(21)26-23(27)17-8-9-17/h2-7,10-11,14-15,17H,8-9,12-13H2,1H3,(H,25,28)(H,26,27). The molecule has 29 heavy (non-hydrogen) atoms. The van der Waals surface area contributed by atoms with E-state index in [0.29, 0.717) is 17.8 Å². The SMILES string of the molecule is Cc1ccc(SCCNC(=O)c2cc3ccccc3cc2NC(=O)C2CC2)cc1. The highest BCUT2D eigenvalue weighted by Gasteiger charge is 2.30. The van der Waals surface area contributed by atoms with Crippen molar-refractivity contribution in [3.8, 4) is 0 Å². The number of thioether (sulfide) groups is 1. The smallest absolute Gasteiger partial charge is 0.253 e. The van der Waals surface area contributed by atoms with Gasteiger partial charge in [-0.05, 0) is 54.8 Å². The highest BCUT2D eigenvalue weighted by atomic mass is 32.2. The number of carbonyl (C=O) groups is 2. The molecule has 0 radical (unpaired) electrons. The molecule has 3 aromatic rings. The Morgan fingerprint density at radius 3 is 2.38 bits per heavy atom. The molecule has 0 aromatic heterocycles. The van der Waals surface area contributed by atoms with E-state index in [-0.39, 0.29) is 17.7 Å². The Morgan fingerprint density at radius 2 is 1.69 bits per heavy atom. The van der Waals surface area contributed by atoms with Crippen molar-refractivity contribution >= 4 is 40.0 Å². The van der Waals surface area contributed by atoms with Gasteiger partial charge in [0, 0.05) is 23.1 Å². The molecule has 4 nitrogen and oxygen atoms in total. The van der Waals surface area contributed by atoms with Gasteiger partial charge >= 0.3 is 0 Å². The first-order chi connectivity index (χ1) is 14.1. The fraction of sp³-hybridized carbons (Fsp3) is 0.250. The molecule has 1 aliphatic carbocycles.